The lowest BCUT2D eigenvalue weighted by molar-refractivity contribution is -0.122. The first kappa shape index (κ1) is 16.7. The fourth-order valence-electron chi connectivity index (χ4n) is 2.39. The van der Waals surface area contributed by atoms with Gasteiger partial charge in [0.25, 0.3) is 5.56 Å². The van der Waals surface area contributed by atoms with Crippen molar-refractivity contribution < 1.29 is 4.79 Å². The van der Waals surface area contributed by atoms with E-state index in [9.17, 15) is 9.59 Å². The van der Waals surface area contributed by atoms with Gasteiger partial charge in [0.2, 0.25) is 5.91 Å². The standard InChI is InChI=1S/C16H23N3O2S/c1-11(2)5-4-6-12(3)18-14(20)9-19-10-17-15-13(16(19)21)7-8-22-15/h7-8,10-12H,4-6,9H2,1-3H3,(H,18,20)/t12-/m1/s1. The fourth-order valence-corrected chi connectivity index (χ4v) is 3.11. The quantitative estimate of drug-likeness (QED) is 0.853. The van der Waals surface area contributed by atoms with Crippen LogP contribution in [0, 0.1) is 5.92 Å². The third-order valence-corrected chi connectivity index (χ3v) is 4.41. The van der Waals surface area contributed by atoms with E-state index < -0.39 is 0 Å². The fraction of sp³-hybridized carbons (Fsp3) is 0.562. The second kappa shape index (κ2) is 7.54. The van der Waals surface area contributed by atoms with Gasteiger partial charge < -0.3 is 5.32 Å². The number of nitrogens with one attached hydrogen (secondary N) is 1. The first-order valence-electron chi connectivity index (χ1n) is 7.69. The maximum absolute atomic E-state index is 12.2. The monoisotopic (exact) mass is 321 g/mol. The van der Waals surface area contributed by atoms with E-state index in [1.165, 1.54) is 28.7 Å². The Morgan fingerprint density at radius 3 is 2.86 bits per heavy atom. The van der Waals surface area contributed by atoms with Gasteiger partial charge in [-0.05, 0) is 30.7 Å². The molecule has 0 aromatic carbocycles. The number of rotatable bonds is 7. The number of hydrogen-bond acceptors (Lipinski definition) is 4. The molecule has 5 nitrogen and oxygen atoms in total. The van der Waals surface area contributed by atoms with E-state index in [-0.39, 0.29) is 24.1 Å². The van der Waals surface area contributed by atoms with Crippen LogP contribution in [0.2, 0.25) is 0 Å². The van der Waals surface area contributed by atoms with Crippen molar-refractivity contribution in [3.05, 3.63) is 28.1 Å². The molecule has 0 fully saturated rings. The summed E-state index contributed by atoms with van der Waals surface area (Å²) < 4.78 is 1.37. The molecular weight excluding hydrogens is 298 g/mol. The summed E-state index contributed by atoms with van der Waals surface area (Å²) in [4.78, 5) is 29.2. The van der Waals surface area contributed by atoms with Gasteiger partial charge in [0.1, 0.15) is 11.4 Å². The van der Waals surface area contributed by atoms with Crippen molar-refractivity contribution in [3.8, 4) is 0 Å². The highest BCUT2D eigenvalue weighted by atomic mass is 32.1. The van der Waals surface area contributed by atoms with Crippen LogP contribution in [0.4, 0.5) is 0 Å². The number of fused-ring (bicyclic) bond motifs is 1. The number of thiophene rings is 1. The molecule has 2 rings (SSSR count). The van der Waals surface area contributed by atoms with Crippen LogP contribution in [0.15, 0.2) is 22.6 Å². The zero-order chi connectivity index (χ0) is 16.1. The van der Waals surface area contributed by atoms with E-state index in [4.69, 9.17) is 0 Å². The Balaban J connectivity index is 1.90. The lowest BCUT2D eigenvalue weighted by Crippen LogP contribution is -2.37. The molecule has 2 aromatic heterocycles. The first-order valence-corrected chi connectivity index (χ1v) is 8.57. The summed E-state index contributed by atoms with van der Waals surface area (Å²) in [5.41, 5.74) is -0.158. The Bertz CT molecular complexity index is 690. The number of aromatic nitrogens is 2. The molecule has 0 unspecified atom stereocenters. The highest BCUT2D eigenvalue weighted by Gasteiger charge is 2.11. The lowest BCUT2D eigenvalue weighted by Gasteiger charge is -2.15. The van der Waals surface area contributed by atoms with Crippen molar-refractivity contribution in [2.75, 3.05) is 0 Å². The van der Waals surface area contributed by atoms with Gasteiger partial charge in [0.05, 0.1) is 11.7 Å². The van der Waals surface area contributed by atoms with Crippen LogP contribution in [-0.4, -0.2) is 21.5 Å². The van der Waals surface area contributed by atoms with Crippen molar-refractivity contribution in [1.82, 2.24) is 14.9 Å². The average Bonchev–Trinajstić information content (AvgIpc) is 2.90. The summed E-state index contributed by atoms with van der Waals surface area (Å²) in [6.45, 7) is 6.42. The second-order valence-electron chi connectivity index (χ2n) is 6.11. The summed E-state index contributed by atoms with van der Waals surface area (Å²) in [7, 11) is 0. The molecule has 0 saturated heterocycles. The molecule has 0 saturated carbocycles. The number of carbonyl (C=O) groups is 1. The zero-order valence-corrected chi connectivity index (χ0v) is 14.2. The van der Waals surface area contributed by atoms with E-state index in [1.54, 1.807) is 6.07 Å². The molecule has 0 bridgehead atoms. The van der Waals surface area contributed by atoms with Gasteiger partial charge in [0, 0.05) is 6.04 Å². The molecule has 0 spiro atoms. The van der Waals surface area contributed by atoms with Gasteiger partial charge in [-0.3, -0.25) is 14.2 Å². The molecule has 22 heavy (non-hydrogen) atoms. The highest BCUT2D eigenvalue weighted by molar-refractivity contribution is 7.16. The van der Waals surface area contributed by atoms with Crippen LogP contribution in [0.1, 0.15) is 40.0 Å². The molecule has 2 aromatic rings. The molecule has 2 heterocycles. The van der Waals surface area contributed by atoms with Crippen molar-refractivity contribution in [2.45, 2.75) is 52.6 Å². The van der Waals surface area contributed by atoms with E-state index in [0.717, 1.165) is 12.8 Å². The van der Waals surface area contributed by atoms with Crippen molar-refractivity contribution >= 4 is 27.5 Å². The van der Waals surface area contributed by atoms with Gasteiger partial charge in [0.15, 0.2) is 0 Å². The predicted octanol–water partition coefficient (Wildman–Crippen LogP) is 2.79. The third-order valence-electron chi connectivity index (χ3n) is 3.59. The average molecular weight is 321 g/mol. The van der Waals surface area contributed by atoms with E-state index in [0.29, 0.717) is 16.1 Å². The Morgan fingerprint density at radius 2 is 2.14 bits per heavy atom. The topological polar surface area (TPSA) is 64.0 Å². The minimum atomic E-state index is -0.158. The highest BCUT2D eigenvalue weighted by Crippen LogP contribution is 2.13. The van der Waals surface area contributed by atoms with Crippen LogP contribution in [0.3, 0.4) is 0 Å². The van der Waals surface area contributed by atoms with Crippen molar-refractivity contribution in [1.29, 1.82) is 0 Å². The molecule has 0 aliphatic heterocycles. The van der Waals surface area contributed by atoms with Crippen LogP contribution in [0.25, 0.3) is 10.2 Å². The van der Waals surface area contributed by atoms with E-state index >= 15 is 0 Å². The number of amides is 1. The largest absolute Gasteiger partial charge is 0.352 e. The Morgan fingerprint density at radius 1 is 1.36 bits per heavy atom. The van der Waals surface area contributed by atoms with Crippen molar-refractivity contribution in [3.63, 3.8) is 0 Å². The molecular formula is C16H23N3O2S. The Hall–Kier alpha value is -1.69. The van der Waals surface area contributed by atoms with Crippen molar-refractivity contribution in [2.24, 2.45) is 5.92 Å². The molecule has 1 N–H and O–H groups in total. The van der Waals surface area contributed by atoms with Crippen LogP contribution < -0.4 is 10.9 Å². The zero-order valence-electron chi connectivity index (χ0n) is 13.3. The van der Waals surface area contributed by atoms with Crippen LogP contribution in [-0.2, 0) is 11.3 Å². The van der Waals surface area contributed by atoms with Gasteiger partial charge in [-0.1, -0.05) is 26.7 Å². The first-order chi connectivity index (χ1) is 10.5. The lowest BCUT2D eigenvalue weighted by atomic mass is 10.0. The van der Waals surface area contributed by atoms with Gasteiger partial charge in [-0.15, -0.1) is 11.3 Å². The normalized spacial score (nSPS) is 12.7. The van der Waals surface area contributed by atoms with E-state index in [2.05, 4.69) is 24.1 Å². The predicted molar refractivity (Wildman–Crippen MR) is 90.2 cm³/mol. The minimum absolute atomic E-state index is 0.0200. The maximum Gasteiger partial charge on any atom is 0.262 e. The third kappa shape index (κ3) is 4.40. The van der Waals surface area contributed by atoms with E-state index in [1.807, 2.05) is 12.3 Å². The smallest absolute Gasteiger partial charge is 0.262 e. The number of nitrogens with zero attached hydrogens (tertiary/aromatic N) is 2. The molecule has 120 valence electrons. The van der Waals surface area contributed by atoms with Gasteiger partial charge in [-0.2, -0.15) is 0 Å². The number of hydrogen-bond donors (Lipinski definition) is 1. The van der Waals surface area contributed by atoms with Gasteiger partial charge in [-0.25, -0.2) is 4.98 Å². The molecule has 6 heteroatoms. The Kier molecular flexibility index (Phi) is 5.71. The Labute approximate surface area is 134 Å². The molecule has 1 atom stereocenters. The number of carbonyl (C=O) groups excluding carboxylic acids is 1. The summed E-state index contributed by atoms with van der Waals surface area (Å²) in [5, 5.41) is 5.36. The SMILES string of the molecule is CC(C)CCC[C@@H](C)NC(=O)Cn1cnc2sccc2c1=O. The molecule has 0 aliphatic rings. The minimum Gasteiger partial charge on any atom is -0.352 e. The van der Waals surface area contributed by atoms with Crippen LogP contribution >= 0.6 is 11.3 Å². The summed E-state index contributed by atoms with van der Waals surface area (Å²) in [6, 6.07) is 1.87. The molecule has 0 radical (unpaired) electrons. The summed E-state index contributed by atoms with van der Waals surface area (Å²) in [6.07, 6.45) is 4.67. The summed E-state index contributed by atoms with van der Waals surface area (Å²) in [5.74, 6) is 0.542. The second-order valence-corrected chi connectivity index (χ2v) is 7.00. The molecule has 1 amide bonds. The maximum atomic E-state index is 12.2. The summed E-state index contributed by atoms with van der Waals surface area (Å²) >= 11 is 1.43. The molecule has 0 aliphatic carbocycles. The van der Waals surface area contributed by atoms with Gasteiger partial charge >= 0.3 is 0 Å². The van der Waals surface area contributed by atoms with Crippen LogP contribution in [0.5, 0.6) is 0 Å².